The topological polar surface area (TPSA) is 122 Å². The van der Waals surface area contributed by atoms with Gasteiger partial charge < -0.3 is 26.0 Å². The predicted octanol–water partition coefficient (Wildman–Crippen LogP) is 6.30. The lowest BCUT2D eigenvalue weighted by Gasteiger charge is -2.27. The number of carboxylic acids is 2. The Balaban J connectivity index is 0.000000205. The van der Waals surface area contributed by atoms with Crippen molar-refractivity contribution < 1.29 is 24.5 Å². The van der Waals surface area contributed by atoms with E-state index >= 15 is 0 Å². The Labute approximate surface area is 266 Å². The minimum Gasteiger partial charge on any atom is -0.497 e. The predicted molar refractivity (Wildman–Crippen MR) is 178 cm³/mol. The van der Waals surface area contributed by atoms with E-state index in [4.69, 9.17) is 15.6 Å². The normalized spacial score (nSPS) is 15.1. The van der Waals surface area contributed by atoms with Gasteiger partial charge in [-0.2, -0.15) is 0 Å². The molecule has 45 heavy (non-hydrogen) atoms. The number of rotatable bonds is 12. The zero-order valence-electron chi connectivity index (χ0n) is 26.1. The van der Waals surface area contributed by atoms with Crippen LogP contribution in [-0.2, 0) is 41.8 Å². The molecule has 1 aliphatic heterocycles. The molecule has 5 rings (SSSR count). The molecule has 4 aromatic carbocycles. The average molecular weight is 609 g/mol. The van der Waals surface area contributed by atoms with Crippen LogP contribution >= 0.6 is 0 Å². The summed E-state index contributed by atoms with van der Waals surface area (Å²) in [5, 5.41) is 21.9. The molecule has 1 heterocycles. The molecule has 0 fully saturated rings. The molecule has 4 aromatic rings. The van der Waals surface area contributed by atoms with E-state index in [9.17, 15) is 14.7 Å². The maximum absolute atomic E-state index is 11.6. The molecule has 0 aromatic heterocycles. The summed E-state index contributed by atoms with van der Waals surface area (Å²) in [5.41, 5.74) is 13.8. The summed E-state index contributed by atoms with van der Waals surface area (Å²) >= 11 is 0. The molecule has 0 amide bonds. The maximum atomic E-state index is 11.6. The first-order valence-electron chi connectivity index (χ1n) is 15.6. The largest absolute Gasteiger partial charge is 0.497 e. The number of aliphatic carboxylic acids is 2. The summed E-state index contributed by atoms with van der Waals surface area (Å²) < 4.78 is 5.26. The van der Waals surface area contributed by atoms with Gasteiger partial charge in [0.1, 0.15) is 11.8 Å². The highest BCUT2D eigenvalue weighted by molar-refractivity contribution is 5.74. The third-order valence-electron chi connectivity index (χ3n) is 8.43. The van der Waals surface area contributed by atoms with Gasteiger partial charge in [0, 0.05) is 12.6 Å². The van der Waals surface area contributed by atoms with Gasteiger partial charge in [0.15, 0.2) is 0 Å². The number of nitrogens with one attached hydrogen (secondary N) is 1. The number of aryl methyl sites for hydroxylation is 1. The zero-order valence-corrected chi connectivity index (χ0v) is 26.1. The number of fused-ring (bicyclic) bond motifs is 1. The lowest BCUT2D eigenvalue weighted by atomic mass is 9.89. The van der Waals surface area contributed by atoms with Crippen LogP contribution in [0, 0.1) is 5.92 Å². The van der Waals surface area contributed by atoms with Crippen LogP contribution in [0.5, 0.6) is 5.75 Å². The Morgan fingerprint density at radius 1 is 0.867 bits per heavy atom. The third kappa shape index (κ3) is 9.76. The molecule has 0 aliphatic carbocycles. The van der Waals surface area contributed by atoms with Crippen LogP contribution in [0.4, 0.5) is 0 Å². The molecule has 3 atom stereocenters. The van der Waals surface area contributed by atoms with E-state index in [1.54, 1.807) is 7.11 Å². The number of benzene rings is 4. The van der Waals surface area contributed by atoms with Gasteiger partial charge >= 0.3 is 11.9 Å². The molecule has 1 aliphatic rings. The lowest BCUT2D eigenvalue weighted by molar-refractivity contribution is -0.142. The molecule has 0 bridgehead atoms. The Morgan fingerprint density at radius 2 is 1.53 bits per heavy atom. The molecular weight excluding hydrogens is 564 g/mol. The van der Waals surface area contributed by atoms with Crippen molar-refractivity contribution >= 4 is 11.9 Å². The highest BCUT2D eigenvalue weighted by Gasteiger charge is 2.22. The molecule has 7 heteroatoms. The van der Waals surface area contributed by atoms with Gasteiger partial charge in [-0.15, -0.1) is 0 Å². The van der Waals surface area contributed by atoms with E-state index in [1.165, 1.54) is 16.7 Å². The minimum absolute atomic E-state index is 0.309. The van der Waals surface area contributed by atoms with Gasteiger partial charge in [-0.05, 0) is 89.6 Å². The standard InChI is InChI=1S/C20H23NO2.C18H21NO3/c22-20(23)17(12-15-6-2-1-3-7-15)10-11-19-13-16-8-4-5-9-18(16)14-21-19;1-3-13-11-15(22-2)8-9-16(13)14-6-4-12(5-7-14)10-17(19)18(20)21/h1-9,17,19,21H,10-14H2,(H,22,23);4-9,11,17H,3,10,19H2,1-2H3,(H,20,21)/t17-,19+;17-/m00/s1. The zero-order chi connectivity index (χ0) is 32.2. The smallest absolute Gasteiger partial charge is 0.320 e. The van der Waals surface area contributed by atoms with Crippen LogP contribution in [0.1, 0.15) is 47.6 Å². The first-order chi connectivity index (χ1) is 21.8. The number of carboxylic acid groups (broad SMARTS) is 2. The summed E-state index contributed by atoms with van der Waals surface area (Å²) in [7, 11) is 1.66. The molecule has 0 saturated carbocycles. The van der Waals surface area contributed by atoms with E-state index in [-0.39, 0.29) is 5.92 Å². The lowest BCUT2D eigenvalue weighted by Crippen LogP contribution is -2.36. The van der Waals surface area contributed by atoms with Crippen molar-refractivity contribution in [3.63, 3.8) is 0 Å². The van der Waals surface area contributed by atoms with Crippen LogP contribution in [0.3, 0.4) is 0 Å². The number of hydrogen-bond donors (Lipinski definition) is 4. The fourth-order valence-corrected chi connectivity index (χ4v) is 5.77. The van der Waals surface area contributed by atoms with E-state index in [2.05, 4.69) is 42.6 Å². The van der Waals surface area contributed by atoms with E-state index in [1.807, 2.05) is 66.7 Å². The number of methoxy groups -OCH3 is 1. The molecule has 0 saturated heterocycles. The van der Waals surface area contributed by atoms with Crippen molar-refractivity contribution in [2.75, 3.05) is 7.11 Å². The monoisotopic (exact) mass is 608 g/mol. The van der Waals surface area contributed by atoms with Crippen molar-refractivity contribution in [1.29, 1.82) is 0 Å². The summed E-state index contributed by atoms with van der Waals surface area (Å²) in [6.07, 6.45) is 4.46. The summed E-state index contributed by atoms with van der Waals surface area (Å²) in [6.45, 7) is 3.00. The Kier molecular flexibility index (Phi) is 12.3. The van der Waals surface area contributed by atoms with Crippen molar-refractivity contribution in [2.24, 2.45) is 11.7 Å². The van der Waals surface area contributed by atoms with Crippen molar-refractivity contribution in [3.8, 4) is 16.9 Å². The number of hydrogen-bond acceptors (Lipinski definition) is 5. The van der Waals surface area contributed by atoms with Gasteiger partial charge in [-0.3, -0.25) is 9.59 Å². The first kappa shape index (κ1) is 33.4. The maximum Gasteiger partial charge on any atom is 0.320 e. The quantitative estimate of drug-likeness (QED) is 0.149. The van der Waals surface area contributed by atoms with Gasteiger partial charge in [-0.25, -0.2) is 0 Å². The second kappa shape index (κ2) is 16.6. The van der Waals surface area contributed by atoms with E-state index in [0.717, 1.165) is 53.8 Å². The minimum atomic E-state index is -0.979. The molecular formula is C38H44N2O5. The molecule has 236 valence electrons. The molecule has 0 radical (unpaired) electrons. The Bertz CT molecular complexity index is 1540. The van der Waals surface area contributed by atoms with Crippen LogP contribution in [0.2, 0.25) is 0 Å². The molecule has 5 N–H and O–H groups in total. The summed E-state index contributed by atoms with van der Waals surface area (Å²) in [6, 6.07) is 31.8. The SMILES string of the molecule is CCc1cc(OC)ccc1-c1ccc(C[C@H](N)C(=O)O)cc1.O=C(O)[C@@H](CC[C@@H]1Cc2ccccc2CN1)Cc1ccccc1. The third-order valence-corrected chi connectivity index (χ3v) is 8.43. The van der Waals surface area contributed by atoms with E-state index < -0.39 is 18.0 Å². The van der Waals surface area contributed by atoms with Crippen molar-refractivity contribution in [1.82, 2.24) is 5.32 Å². The fourth-order valence-electron chi connectivity index (χ4n) is 5.77. The molecule has 7 nitrogen and oxygen atoms in total. The second-order valence-corrected chi connectivity index (χ2v) is 11.6. The first-order valence-corrected chi connectivity index (χ1v) is 15.6. The fraction of sp³-hybridized carbons (Fsp3) is 0.316. The number of carbonyl (C=O) groups is 2. The Hall–Kier alpha value is -4.46. The van der Waals surface area contributed by atoms with Gasteiger partial charge in [0.25, 0.3) is 0 Å². The summed E-state index contributed by atoms with van der Waals surface area (Å²) in [4.78, 5) is 22.4. The Morgan fingerprint density at radius 3 is 2.18 bits per heavy atom. The molecule has 0 spiro atoms. The van der Waals surface area contributed by atoms with Gasteiger partial charge in [0.05, 0.1) is 13.0 Å². The molecule has 0 unspecified atom stereocenters. The highest BCUT2D eigenvalue weighted by atomic mass is 16.5. The van der Waals surface area contributed by atoms with Crippen LogP contribution in [-0.4, -0.2) is 41.3 Å². The van der Waals surface area contributed by atoms with Crippen LogP contribution in [0.15, 0.2) is 97.1 Å². The van der Waals surface area contributed by atoms with Gasteiger partial charge in [0.2, 0.25) is 0 Å². The van der Waals surface area contributed by atoms with Gasteiger partial charge in [-0.1, -0.05) is 91.9 Å². The average Bonchev–Trinajstić information content (AvgIpc) is 3.07. The number of nitrogens with two attached hydrogens (primary N) is 1. The van der Waals surface area contributed by atoms with Crippen molar-refractivity contribution in [3.05, 3.63) is 125 Å². The van der Waals surface area contributed by atoms with Crippen LogP contribution < -0.4 is 15.8 Å². The van der Waals surface area contributed by atoms with E-state index in [0.29, 0.717) is 25.3 Å². The number of ether oxygens (including phenoxy) is 1. The van der Waals surface area contributed by atoms with Crippen molar-refractivity contribution in [2.45, 2.75) is 64.1 Å². The summed E-state index contributed by atoms with van der Waals surface area (Å²) in [5.74, 6) is -1.13. The highest BCUT2D eigenvalue weighted by Crippen LogP contribution is 2.28. The second-order valence-electron chi connectivity index (χ2n) is 11.6. The van der Waals surface area contributed by atoms with Crippen LogP contribution in [0.25, 0.3) is 11.1 Å².